The van der Waals surface area contributed by atoms with Crippen LogP contribution in [0.1, 0.15) is 57.7 Å². The number of Topliss-reactive ketones (excluding diaryl/α,β-unsaturated/α-hetero) is 1. The Morgan fingerprint density at radius 2 is 2.17 bits per heavy atom. The Kier molecular flexibility index (Phi) is 3.20. The molecule has 2 aliphatic carbocycles. The number of carbonyl (C=O) groups excluding carboxylic acids is 2. The molecule has 1 heterocycles. The lowest BCUT2D eigenvalue weighted by atomic mass is 9.86. The van der Waals surface area contributed by atoms with Crippen LogP contribution < -0.4 is 0 Å². The van der Waals surface area contributed by atoms with Gasteiger partial charge < -0.3 is 4.74 Å². The Hall–Kier alpha value is -1.16. The van der Waals surface area contributed by atoms with Crippen LogP contribution in [0.4, 0.5) is 0 Å². The van der Waals surface area contributed by atoms with Crippen molar-refractivity contribution in [3.63, 3.8) is 0 Å². The Morgan fingerprint density at radius 3 is 2.89 bits per heavy atom. The molecule has 1 aromatic rings. The number of esters is 1. The first-order chi connectivity index (χ1) is 8.75. The van der Waals surface area contributed by atoms with Crippen LogP contribution in [0.2, 0.25) is 0 Å². The SMILES string of the molecule is O=C(OCC1CCC1)c1csc2c1CCCC2=O. The van der Waals surface area contributed by atoms with E-state index in [0.29, 0.717) is 24.5 Å². The van der Waals surface area contributed by atoms with Crippen LogP contribution in [0.3, 0.4) is 0 Å². The third-order valence-corrected chi connectivity index (χ3v) is 4.94. The summed E-state index contributed by atoms with van der Waals surface area (Å²) in [5.74, 6) is 0.499. The Morgan fingerprint density at radius 1 is 1.33 bits per heavy atom. The van der Waals surface area contributed by atoms with E-state index in [1.807, 2.05) is 0 Å². The predicted octanol–water partition coefficient (Wildman–Crippen LogP) is 3.22. The van der Waals surface area contributed by atoms with E-state index in [2.05, 4.69) is 0 Å². The molecule has 1 fully saturated rings. The zero-order valence-electron chi connectivity index (χ0n) is 10.2. The quantitative estimate of drug-likeness (QED) is 0.787. The Labute approximate surface area is 110 Å². The molecule has 0 amide bonds. The van der Waals surface area contributed by atoms with Crippen LogP contribution in [0.25, 0.3) is 0 Å². The van der Waals surface area contributed by atoms with Gasteiger partial charge in [0.05, 0.1) is 17.0 Å². The van der Waals surface area contributed by atoms with Gasteiger partial charge in [-0.15, -0.1) is 11.3 Å². The molecule has 0 radical (unpaired) electrons. The summed E-state index contributed by atoms with van der Waals surface area (Å²) in [5.41, 5.74) is 1.55. The summed E-state index contributed by atoms with van der Waals surface area (Å²) in [7, 11) is 0. The van der Waals surface area contributed by atoms with Crippen molar-refractivity contribution in [2.24, 2.45) is 5.92 Å². The van der Waals surface area contributed by atoms with Crippen molar-refractivity contribution in [1.82, 2.24) is 0 Å². The topological polar surface area (TPSA) is 43.4 Å². The maximum Gasteiger partial charge on any atom is 0.339 e. The molecule has 96 valence electrons. The Bertz CT molecular complexity index is 485. The monoisotopic (exact) mass is 264 g/mol. The highest BCUT2D eigenvalue weighted by Gasteiger charge is 2.26. The van der Waals surface area contributed by atoms with E-state index < -0.39 is 0 Å². The van der Waals surface area contributed by atoms with Crippen LogP contribution >= 0.6 is 11.3 Å². The van der Waals surface area contributed by atoms with Crippen LogP contribution in [-0.2, 0) is 11.2 Å². The van der Waals surface area contributed by atoms with E-state index in [1.165, 1.54) is 30.6 Å². The van der Waals surface area contributed by atoms with Crippen molar-refractivity contribution in [3.05, 3.63) is 21.4 Å². The second kappa shape index (κ2) is 4.84. The lowest BCUT2D eigenvalue weighted by molar-refractivity contribution is 0.0371. The second-order valence-electron chi connectivity index (χ2n) is 5.13. The van der Waals surface area contributed by atoms with Crippen molar-refractivity contribution < 1.29 is 14.3 Å². The summed E-state index contributed by atoms with van der Waals surface area (Å²) >= 11 is 1.39. The highest BCUT2D eigenvalue weighted by atomic mass is 32.1. The van der Waals surface area contributed by atoms with Gasteiger partial charge in [0.25, 0.3) is 0 Å². The predicted molar refractivity (Wildman–Crippen MR) is 69.2 cm³/mol. The fourth-order valence-electron chi connectivity index (χ4n) is 2.51. The maximum absolute atomic E-state index is 12.0. The van der Waals surface area contributed by atoms with E-state index in [1.54, 1.807) is 5.38 Å². The van der Waals surface area contributed by atoms with Crippen molar-refractivity contribution in [1.29, 1.82) is 0 Å². The number of fused-ring (bicyclic) bond motifs is 1. The molecule has 4 heteroatoms. The zero-order chi connectivity index (χ0) is 12.5. The number of thiophene rings is 1. The molecule has 0 aliphatic heterocycles. The highest BCUT2D eigenvalue weighted by molar-refractivity contribution is 7.12. The average Bonchev–Trinajstić information content (AvgIpc) is 2.72. The molecular formula is C14H16O3S. The summed E-state index contributed by atoms with van der Waals surface area (Å²) in [6, 6.07) is 0. The van der Waals surface area contributed by atoms with E-state index >= 15 is 0 Å². The summed E-state index contributed by atoms with van der Waals surface area (Å²) in [6.45, 7) is 0.539. The number of hydrogen-bond donors (Lipinski definition) is 0. The lowest BCUT2D eigenvalue weighted by Crippen LogP contribution is -2.21. The molecule has 0 spiro atoms. The average molecular weight is 264 g/mol. The van der Waals surface area contributed by atoms with Crippen LogP contribution in [0.5, 0.6) is 0 Å². The van der Waals surface area contributed by atoms with Gasteiger partial charge in [0.1, 0.15) is 0 Å². The van der Waals surface area contributed by atoms with E-state index in [9.17, 15) is 9.59 Å². The summed E-state index contributed by atoms with van der Waals surface area (Å²) in [5, 5.41) is 1.79. The molecule has 0 N–H and O–H groups in total. The van der Waals surface area contributed by atoms with Gasteiger partial charge in [-0.1, -0.05) is 6.42 Å². The van der Waals surface area contributed by atoms with Gasteiger partial charge in [-0.05, 0) is 37.2 Å². The van der Waals surface area contributed by atoms with Gasteiger partial charge in [-0.2, -0.15) is 0 Å². The molecule has 0 atom stereocenters. The molecule has 18 heavy (non-hydrogen) atoms. The summed E-state index contributed by atoms with van der Waals surface area (Å²) in [4.78, 5) is 24.5. The lowest BCUT2D eigenvalue weighted by Gasteiger charge is -2.24. The zero-order valence-corrected chi connectivity index (χ0v) is 11.1. The summed E-state index contributed by atoms with van der Waals surface area (Å²) in [6.07, 6.45) is 5.90. The van der Waals surface area contributed by atoms with Crippen LogP contribution in [0, 0.1) is 5.92 Å². The smallest absolute Gasteiger partial charge is 0.339 e. The molecule has 3 rings (SSSR count). The van der Waals surface area contributed by atoms with Gasteiger partial charge in [0.2, 0.25) is 0 Å². The molecule has 1 aromatic heterocycles. The fourth-order valence-corrected chi connectivity index (χ4v) is 3.57. The number of carbonyl (C=O) groups is 2. The van der Waals surface area contributed by atoms with E-state index in [0.717, 1.165) is 23.3 Å². The third-order valence-electron chi connectivity index (χ3n) is 3.87. The van der Waals surface area contributed by atoms with E-state index in [-0.39, 0.29) is 11.8 Å². The minimum Gasteiger partial charge on any atom is -0.462 e. The third kappa shape index (κ3) is 2.09. The van der Waals surface area contributed by atoms with Crippen molar-refractivity contribution >= 4 is 23.1 Å². The molecule has 3 nitrogen and oxygen atoms in total. The molecule has 0 bridgehead atoms. The maximum atomic E-state index is 12.0. The molecule has 1 saturated carbocycles. The molecule has 0 aromatic carbocycles. The first-order valence-corrected chi connectivity index (χ1v) is 7.44. The van der Waals surface area contributed by atoms with Crippen LogP contribution in [-0.4, -0.2) is 18.4 Å². The van der Waals surface area contributed by atoms with Gasteiger partial charge in [0.15, 0.2) is 5.78 Å². The van der Waals surface area contributed by atoms with Crippen molar-refractivity contribution in [2.75, 3.05) is 6.61 Å². The number of ketones is 1. The number of rotatable bonds is 3. The first-order valence-electron chi connectivity index (χ1n) is 6.56. The number of hydrogen-bond acceptors (Lipinski definition) is 4. The molecule has 0 saturated heterocycles. The number of ether oxygens (including phenoxy) is 1. The molecule has 0 unspecified atom stereocenters. The largest absolute Gasteiger partial charge is 0.462 e. The van der Waals surface area contributed by atoms with Gasteiger partial charge >= 0.3 is 5.97 Å². The fraction of sp³-hybridized carbons (Fsp3) is 0.571. The van der Waals surface area contributed by atoms with Gasteiger partial charge in [-0.25, -0.2) is 4.79 Å². The van der Waals surface area contributed by atoms with Crippen molar-refractivity contribution in [2.45, 2.75) is 38.5 Å². The normalized spacial score (nSPS) is 19.2. The molecule has 2 aliphatic rings. The molecular weight excluding hydrogens is 248 g/mol. The highest BCUT2D eigenvalue weighted by Crippen LogP contribution is 2.31. The van der Waals surface area contributed by atoms with Crippen LogP contribution in [0.15, 0.2) is 5.38 Å². The van der Waals surface area contributed by atoms with Gasteiger partial charge in [0, 0.05) is 11.8 Å². The minimum absolute atomic E-state index is 0.180. The first kappa shape index (κ1) is 11.9. The summed E-state index contributed by atoms with van der Waals surface area (Å²) < 4.78 is 5.35. The van der Waals surface area contributed by atoms with E-state index in [4.69, 9.17) is 4.74 Å². The Balaban J connectivity index is 1.71. The van der Waals surface area contributed by atoms with Crippen molar-refractivity contribution in [3.8, 4) is 0 Å². The minimum atomic E-state index is -0.242. The second-order valence-corrected chi connectivity index (χ2v) is 6.01. The standard InChI is InChI=1S/C14H16O3S/c15-12-6-2-5-10-11(8-18-13(10)12)14(16)17-7-9-3-1-4-9/h8-9H,1-7H2. The van der Waals surface area contributed by atoms with Gasteiger partial charge in [-0.3, -0.25) is 4.79 Å².